The monoisotopic (exact) mass is 293 g/mol. The molecule has 0 aliphatic carbocycles. The standard InChI is InChI=1S/C15H19NO5/c1-20-13-3-2-10(8-12(13)15(18)19)9-16-14(17)11-4-6-21-7-5-11/h2-3,8,11H,4-7,9H2,1H3,(H,16,17)(H,18,19). The summed E-state index contributed by atoms with van der Waals surface area (Å²) in [6.45, 7) is 1.54. The lowest BCUT2D eigenvalue weighted by Crippen LogP contribution is -2.33. The van der Waals surface area contributed by atoms with Crippen LogP contribution in [0.15, 0.2) is 18.2 Å². The van der Waals surface area contributed by atoms with Gasteiger partial charge in [-0.15, -0.1) is 0 Å². The molecule has 1 aliphatic rings. The SMILES string of the molecule is COc1ccc(CNC(=O)C2CCOCC2)cc1C(=O)O. The van der Waals surface area contributed by atoms with Crippen molar-refractivity contribution in [2.75, 3.05) is 20.3 Å². The molecule has 0 bridgehead atoms. The molecule has 6 heteroatoms. The third-order valence-corrected chi connectivity index (χ3v) is 3.55. The molecule has 6 nitrogen and oxygen atoms in total. The lowest BCUT2D eigenvalue weighted by molar-refractivity contribution is -0.128. The molecule has 0 saturated carbocycles. The number of carbonyl (C=O) groups is 2. The molecule has 0 spiro atoms. The second-order valence-corrected chi connectivity index (χ2v) is 4.94. The van der Waals surface area contributed by atoms with Gasteiger partial charge in [-0.2, -0.15) is 0 Å². The maximum atomic E-state index is 12.0. The van der Waals surface area contributed by atoms with Crippen LogP contribution in [0.25, 0.3) is 0 Å². The van der Waals surface area contributed by atoms with E-state index in [1.54, 1.807) is 12.1 Å². The number of amides is 1. The zero-order chi connectivity index (χ0) is 15.2. The molecular weight excluding hydrogens is 274 g/mol. The Labute approximate surface area is 123 Å². The van der Waals surface area contributed by atoms with Crippen LogP contribution in [0.1, 0.15) is 28.8 Å². The Morgan fingerprint density at radius 2 is 2.10 bits per heavy atom. The molecule has 0 radical (unpaired) electrons. The first-order valence-corrected chi connectivity index (χ1v) is 6.87. The number of methoxy groups -OCH3 is 1. The van der Waals surface area contributed by atoms with Crippen molar-refractivity contribution < 1.29 is 24.2 Å². The van der Waals surface area contributed by atoms with Crippen molar-refractivity contribution in [2.24, 2.45) is 5.92 Å². The maximum absolute atomic E-state index is 12.0. The first-order chi connectivity index (χ1) is 10.1. The number of nitrogens with one attached hydrogen (secondary N) is 1. The Kier molecular flexibility index (Phi) is 5.16. The van der Waals surface area contributed by atoms with Gasteiger partial charge in [-0.05, 0) is 30.5 Å². The van der Waals surface area contributed by atoms with Crippen LogP contribution in [-0.4, -0.2) is 37.3 Å². The summed E-state index contributed by atoms with van der Waals surface area (Å²) in [6.07, 6.45) is 1.46. The van der Waals surface area contributed by atoms with Gasteiger partial charge in [-0.1, -0.05) is 6.07 Å². The zero-order valence-electron chi connectivity index (χ0n) is 11.9. The molecule has 1 fully saturated rings. The topological polar surface area (TPSA) is 84.9 Å². The lowest BCUT2D eigenvalue weighted by atomic mass is 9.99. The van der Waals surface area contributed by atoms with E-state index in [2.05, 4.69) is 5.32 Å². The average molecular weight is 293 g/mol. The Hall–Kier alpha value is -2.08. The number of hydrogen-bond donors (Lipinski definition) is 2. The molecule has 1 aromatic rings. The van der Waals surface area contributed by atoms with Crippen molar-refractivity contribution in [3.63, 3.8) is 0 Å². The minimum atomic E-state index is -1.05. The molecule has 21 heavy (non-hydrogen) atoms. The van der Waals surface area contributed by atoms with Gasteiger partial charge in [-0.25, -0.2) is 4.79 Å². The molecule has 0 atom stereocenters. The number of carboxylic acids is 1. The highest BCUT2D eigenvalue weighted by atomic mass is 16.5. The fourth-order valence-corrected chi connectivity index (χ4v) is 2.33. The summed E-state index contributed by atoms with van der Waals surface area (Å²) in [5, 5.41) is 12.0. The van der Waals surface area contributed by atoms with Gasteiger partial charge in [0.15, 0.2) is 0 Å². The summed E-state index contributed by atoms with van der Waals surface area (Å²) in [7, 11) is 1.42. The predicted molar refractivity (Wildman–Crippen MR) is 75.3 cm³/mol. The van der Waals surface area contributed by atoms with Crippen molar-refractivity contribution in [3.8, 4) is 5.75 Å². The third kappa shape index (κ3) is 3.95. The smallest absolute Gasteiger partial charge is 0.339 e. The van der Waals surface area contributed by atoms with Crippen molar-refractivity contribution >= 4 is 11.9 Å². The van der Waals surface area contributed by atoms with E-state index in [1.807, 2.05) is 0 Å². The Morgan fingerprint density at radius 3 is 2.71 bits per heavy atom. The predicted octanol–water partition coefficient (Wildman–Crippen LogP) is 1.44. The third-order valence-electron chi connectivity index (χ3n) is 3.55. The largest absolute Gasteiger partial charge is 0.496 e. The molecule has 1 heterocycles. The summed E-state index contributed by atoms with van der Waals surface area (Å²) in [4.78, 5) is 23.1. The quantitative estimate of drug-likeness (QED) is 0.858. The van der Waals surface area contributed by atoms with Gasteiger partial charge in [0.2, 0.25) is 5.91 Å². The number of benzene rings is 1. The number of aromatic carboxylic acids is 1. The van der Waals surface area contributed by atoms with E-state index in [0.717, 1.165) is 18.4 Å². The fourth-order valence-electron chi connectivity index (χ4n) is 2.33. The molecular formula is C15H19NO5. The van der Waals surface area contributed by atoms with Gasteiger partial charge in [0.05, 0.1) is 7.11 Å². The van der Waals surface area contributed by atoms with Crippen LogP contribution >= 0.6 is 0 Å². The van der Waals surface area contributed by atoms with Crippen LogP contribution in [-0.2, 0) is 16.1 Å². The molecule has 0 aromatic heterocycles. The summed E-state index contributed by atoms with van der Waals surface area (Å²) in [5.41, 5.74) is 0.823. The summed E-state index contributed by atoms with van der Waals surface area (Å²) < 4.78 is 10.2. The molecule has 114 valence electrons. The van der Waals surface area contributed by atoms with Gasteiger partial charge in [0.25, 0.3) is 0 Å². The van der Waals surface area contributed by atoms with Crippen LogP contribution in [0.5, 0.6) is 5.75 Å². The Balaban J connectivity index is 1.98. The molecule has 0 unspecified atom stereocenters. The van der Waals surface area contributed by atoms with Crippen LogP contribution in [0.4, 0.5) is 0 Å². The van der Waals surface area contributed by atoms with E-state index in [0.29, 0.717) is 25.5 Å². The van der Waals surface area contributed by atoms with Crippen molar-refractivity contribution in [1.29, 1.82) is 0 Å². The highest BCUT2D eigenvalue weighted by molar-refractivity contribution is 5.91. The van der Waals surface area contributed by atoms with Gasteiger partial charge in [-0.3, -0.25) is 4.79 Å². The molecule has 1 saturated heterocycles. The number of rotatable bonds is 5. The second-order valence-electron chi connectivity index (χ2n) is 4.94. The average Bonchev–Trinajstić information content (AvgIpc) is 2.53. The molecule has 2 rings (SSSR count). The number of ether oxygens (including phenoxy) is 2. The van der Waals surface area contributed by atoms with E-state index < -0.39 is 5.97 Å². The zero-order valence-corrected chi connectivity index (χ0v) is 11.9. The van der Waals surface area contributed by atoms with E-state index in [9.17, 15) is 9.59 Å². The summed E-state index contributed by atoms with van der Waals surface area (Å²) in [5.74, 6) is -0.770. The van der Waals surface area contributed by atoms with Gasteiger partial charge >= 0.3 is 5.97 Å². The van der Waals surface area contributed by atoms with Crippen molar-refractivity contribution in [3.05, 3.63) is 29.3 Å². The highest BCUT2D eigenvalue weighted by Crippen LogP contribution is 2.20. The van der Waals surface area contributed by atoms with Gasteiger partial charge < -0.3 is 19.9 Å². The Morgan fingerprint density at radius 1 is 1.38 bits per heavy atom. The van der Waals surface area contributed by atoms with E-state index >= 15 is 0 Å². The highest BCUT2D eigenvalue weighted by Gasteiger charge is 2.21. The number of carbonyl (C=O) groups excluding carboxylic acids is 1. The number of carboxylic acid groups (broad SMARTS) is 1. The molecule has 1 aliphatic heterocycles. The normalized spacial score (nSPS) is 15.5. The summed E-state index contributed by atoms with van der Waals surface area (Å²) in [6, 6.07) is 4.86. The first kappa shape index (κ1) is 15.3. The van der Waals surface area contributed by atoms with Gasteiger partial charge in [0, 0.05) is 25.7 Å². The summed E-state index contributed by atoms with van der Waals surface area (Å²) >= 11 is 0. The molecule has 1 aromatic carbocycles. The Bertz CT molecular complexity index is 523. The van der Waals surface area contributed by atoms with E-state index in [4.69, 9.17) is 14.6 Å². The van der Waals surface area contributed by atoms with E-state index in [1.165, 1.54) is 13.2 Å². The second kappa shape index (κ2) is 7.08. The number of hydrogen-bond acceptors (Lipinski definition) is 4. The fraction of sp³-hybridized carbons (Fsp3) is 0.467. The van der Waals surface area contributed by atoms with Crippen LogP contribution in [0.3, 0.4) is 0 Å². The molecule has 1 amide bonds. The van der Waals surface area contributed by atoms with Crippen LogP contribution in [0, 0.1) is 5.92 Å². The van der Waals surface area contributed by atoms with Crippen LogP contribution in [0.2, 0.25) is 0 Å². The molecule has 2 N–H and O–H groups in total. The van der Waals surface area contributed by atoms with Gasteiger partial charge in [0.1, 0.15) is 11.3 Å². The van der Waals surface area contributed by atoms with Crippen LogP contribution < -0.4 is 10.1 Å². The van der Waals surface area contributed by atoms with Crippen molar-refractivity contribution in [2.45, 2.75) is 19.4 Å². The minimum absolute atomic E-state index is 0.00834. The van der Waals surface area contributed by atoms with E-state index in [-0.39, 0.29) is 17.4 Å². The minimum Gasteiger partial charge on any atom is -0.496 e. The lowest BCUT2D eigenvalue weighted by Gasteiger charge is -2.21. The first-order valence-electron chi connectivity index (χ1n) is 6.87. The van der Waals surface area contributed by atoms with Crippen molar-refractivity contribution in [1.82, 2.24) is 5.32 Å². The maximum Gasteiger partial charge on any atom is 0.339 e.